The molecule has 0 saturated heterocycles. The second-order valence-corrected chi connectivity index (χ2v) is 9.23. The standard InChI is InChI=1S/C31H28N2O4/c1-20-8-9-21(2)27(16-20)31(35)37-19-30(34)33-29(23-12-14-26(36-3)15-13-23)18-28(32-33)25-11-10-22-6-4-5-7-24(22)17-25/h4-17,29H,18-19H2,1-3H3. The zero-order chi connectivity index (χ0) is 25.9. The highest BCUT2D eigenvalue weighted by Crippen LogP contribution is 2.34. The van der Waals surface area contributed by atoms with Crippen LogP contribution in [0.25, 0.3) is 10.8 Å². The van der Waals surface area contributed by atoms with Crippen molar-refractivity contribution >= 4 is 28.4 Å². The summed E-state index contributed by atoms with van der Waals surface area (Å²) in [5.41, 5.74) is 4.90. The SMILES string of the molecule is COc1ccc(C2CC(c3ccc4ccccc4c3)=NN2C(=O)COC(=O)c2cc(C)ccc2C)cc1. The summed E-state index contributed by atoms with van der Waals surface area (Å²) in [7, 11) is 1.62. The van der Waals surface area contributed by atoms with Gasteiger partial charge in [-0.3, -0.25) is 4.79 Å². The number of rotatable bonds is 6. The molecule has 0 fully saturated rings. The van der Waals surface area contributed by atoms with Crippen LogP contribution in [0.15, 0.2) is 90.0 Å². The highest BCUT2D eigenvalue weighted by Gasteiger charge is 2.33. The maximum absolute atomic E-state index is 13.3. The fraction of sp³-hybridized carbons (Fsp3) is 0.194. The van der Waals surface area contributed by atoms with Crippen molar-refractivity contribution in [3.63, 3.8) is 0 Å². The van der Waals surface area contributed by atoms with E-state index in [9.17, 15) is 9.59 Å². The van der Waals surface area contributed by atoms with E-state index in [4.69, 9.17) is 14.6 Å². The molecule has 6 heteroatoms. The summed E-state index contributed by atoms with van der Waals surface area (Å²) in [4.78, 5) is 26.1. The molecule has 0 aromatic heterocycles. The third-order valence-corrected chi connectivity index (χ3v) is 6.69. The molecule has 37 heavy (non-hydrogen) atoms. The first-order valence-corrected chi connectivity index (χ1v) is 12.2. The number of esters is 1. The van der Waals surface area contributed by atoms with Gasteiger partial charge < -0.3 is 9.47 Å². The summed E-state index contributed by atoms with van der Waals surface area (Å²) in [6.45, 7) is 3.36. The molecule has 1 aliphatic heterocycles. The molecule has 0 saturated carbocycles. The Bertz CT molecular complexity index is 1510. The molecule has 4 aromatic carbocycles. The van der Waals surface area contributed by atoms with E-state index in [1.165, 1.54) is 5.01 Å². The Hall–Kier alpha value is -4.45. The minimum absolute atomic E-state index is 0.320. The maximum atomic E-state index is 13.3. The average Bonchev–Trinajstić information content (AvgIpc) is 3.38. The van der Waals surface area contributed by atoms with Gasteiger partial charge in [-0.05, 0) is 65.6 Å². The molecule has 1 aliphatic rings. The van der Waals surface area contributed by atoms with Crippen LogP contribution >= 0.6 is 0 Å². The van der Waals surface area contributed by atoms with Crippen LogP contribution in [0, 0.1) is 13.8 Å². The van der Waals surface area contributed by atoms with Gasteiger partial charge in [0, 0.05) is 6.42 Å². The minimum Gasteiger partial charge on any atom is -0.497 e. The van der Waals surface area contributed by atoms with Crippen LogP contribution in [0.5, 0.6) is 5.75 Å². The molecule has 0 aliphatic carbocycles. The first kappa shape index (κ1) is 24.3. The molecule has 0 spiro atoms. The van der Waals surface area contributed by atoms with Gasteiger partial charge in [-0.15, -0.1) is 0 Å². The maximum Gasteiger partial charge on any atom is 0.338 e. The van der Waals surface area contributed by atoms with Crippen LogP contribution in [0.2, 0.25) is 0 Å². The summed E-state index contributed by atoms with van der Waals surface area (Å²) in [5, 5.41) is 8.42. The largest absolute Gasteiger partial charge is 0.497 e. The fourth-order valence-corrected chi connectivity index (χ4v) is 4.60. The van der Waals surface area contributed by atoms with Crippen LogP contribution in [0.1, 0.15) is 45.1 Å². The molecule has 0 bridgehead atoms. The zero-order valence-electron chi connectivity index (χ0n) is 21.1. The molecule has 1 amide bonds. The number of fused-ring (bicyclic) bond motifs is 1. The summed E-state index contributed by atoms with van der Waals surface area (Å²) in [6, 6.07) is 27.2. The number of hydrogen-bond acceptors (Lipinski definition) is 5. The molecule has 0 radical (unpaired) electrons. The third-order valence-electron chi connectivity index (χ3n) is 6.69. The van der Waals surface area contributed by atoms with Crippen molar-refractivity contribution in [3.8, 4) is 5.75 Å². The van der Waals surface area contributed by atoms with Crippen molar-refractivity contribution in [2.45, 2.75) is 26.3 Å². The van der Waals surface area contributed by atoms with Crippen LogP contribution in [-0.2, 0) is 9.53 Å². The number of aryl methyl sites for hydroxylation is 2. The second-order valence-electron chi connectivity index (χ2n) is 9.23. The number of amides is 1. The minimum atomic E-state index is -0.520. The van der Waals surface area contributed by atoms with E-state index in [0.29, 0.717) is 12.0 Å². The molecule has 186 valence electrons. The number of hydrogen-bond donors (Lipinski definition) is 0. The Morgan fingerprint density at radius 1 is 0.919 bits per heavy atom. The molecule has 6 nitrogen and oxygen atoms in total. The molecule has 0 N–H and O–H groups in total. The van der Waals surface area contributed by atoms with Gasteiger partial charge in [0.15, 0.2) is 6.61 Å². The van der Waals surface area contributed by atoms with Gasteiger partial charge in [0.1, 0.15) is 5.75 Å². The summed E-state index contributed by atoms with van der Waals surface area (Å²) < 4.78 is 10.7. The van der Waals surface area contributed by atoms with Crippen LogP contribution in [0.4, 0.5) is 0 Å². The number of methoxy groups -OCH3 is 1. The van der Waals surface area contributed by atoms with Gasteiger partial charge in [-0.25, -0.2) is 9.80 Å². The van der Waals surface area contributed by atoms with Gasteiger partial charge in [0.2, 0.25) is 0 Å². The Labute approximate surface area is 216 Å². The van der Waals surface area contributed by atoms with Crippen LogP contribution in [-0.4, -0.2) is 36.3 Å². The van der Waals surface area contributed by atoms with Crippen LogP contribution in [0.3, 0.4) is 0 Å². The second kappa shape index (κ2) is 10.3. The lowest BCUT2D eigenvalue weighted by molar-refractivity contribution is -0.136. The van der Waals surface area contributed by atoms with Crippen molar-refractivity contribution in [1.82, 2.24) is 5.01 Å². The van der Waals surface area contributed by atoms with E-state index in [1.54, 1.807) is 13.2 Å². The van der Waals surface area contributed by atoms with E-state index in [-0.39, 0.29) is 11.9 Å². The number of nitrogens with zero attached hydrogens (tertiary/aromatic N) is 2. The highest BCUT2D eigenvalue weighted by molar-refractivity contribution is 6.05. The summed E-state index contributed by atoms with van der Waals surface area (Å²) in [6.07, 6.45) is 0.543. The van der Waals surface area contributed by atoms with Crippen LogP contribution < -0.4 is 4.74 Å². The van der Waals surface area contributed by atoms with Crippen molar-refractivity contribution in [2.24, 2.45) is 5.10 Å². The third kappa shape index (κ3) is 5.09. The average molecular weight is 493 g/mol. The molecule has 1 heterocycles. The molecule has 1 atom stereocenters. The molecular weight excluding hydrogens is 464 g/mol. The zero-order valence-corrected chi connectivity index (χ0v) is 21.1. The number of benzene rings is 4. The number of ether oxygens (including phenoxy) is 2. The Kier molecular flexibility index (Phi) is 6.73. The molecule has 5 rings (SSSR count). The van der Waals surface area contributed by atoms with Crippen molar-refractivity contribution in [2.75, 3.05) is 13.7 Å². The van der Waals surface area contributed by atoms with Gasteiger partial charge in [0.25, 0.3) is 5.91 Å². The normalized spacial score (nSPS) is 14.9. The van der Waals surface area contributed by atoms with E-state index in [1.807, 2.05) is 68.4 Å². The van der Waals surface area contributed by atoms with Crippen molar-refractivity contribution < 1.29 is 19.1 Å². The first-order chi connectivity index (χ1) is 17.9. The summed E-state index contributed by atoms with van der Waals surface area (Å²) in [5.74, 6) is -0.165. The fourth-order valence-electron chi connectivity index (χ4n) is 4.60. The molecular formula is C31H28N2O4. The quantitative estimate of drug-likeness (QED) is 0.310. The van der Waals surface area contributed by atoms with Crippen molar-refractivity contribution in [1.29, 1.82) is 0 Å². The lowest BCUT2D eigenvalue weighted by Gasteiger charge is -2.22. The first-order valence-electron chi connectivity index (χ1n) is 12.2. The van der Waals surface area contributed by atoms with Crippen molar-refractivity contribution in [3.05, 3.63) is 113 Å². The lowest BCUT2D eigenvalue weighted by atomic mass is 9.97. The van der Waals surface area contributed by atoms with Gasteiger partial charge in [0.05, 0.1) is 24.4 Å². The van der Waals surface area contributed by atoms with Gasteiger partial charge >= 0.3 is 5.97 Å². The van der Waals surface area contributed by atoms with E-state index >= 15 is 0 Å². The van der Waals surface area contributed by atoms with E-state index in [2.05, 4.69) is 24.3 Å². The number of carbonyl (C=O) groups is 2. The van der Waals surface area contributed by atoms with Gasteiger partial charge in [-0.2, -0.15) is 5.10 Å². The predicted molar refractivity (Wildman–Crippen MR) is 144 cm³/mol. The lowest BCUT2D eigenvalue weighted by Crippen LogP contribution is -2.31. The number of carbonyl (C=O) groups excluding carboxylic acids is 2. The Morgan fingerprint density at radius 3 is 2.43 bits per heavy atom. The smallest absolute Gasteiger partial charge is 0.338 e. The molecule has 1 unspecified atom stereocenters. The highest BCUT2D eigenvalue weighted by atomic mass is 16.5. The number of hydrazone groups is 1. The summed E-state index contributed by atoms with van der Waals surface area (Å²) >= 11 is 0. The topological polar surface area (TPSA) is 68.2 Å². The van der Waals surface area contributed by atoms with Gasteiger partial charge in [-0.1, -0.05) is 66.2 Å². The monoisotopic (exact) mass is 492 g/mol. The Balaban J connectivity index is 1.41. The molecule has 4 aromatic rings. The van der Waals surface area contributed by atoms with E-state index in [0.717, 1.165) is 44.5 Å². The van der Waals surface area contributed by atoms with E-state index < -0.39 is 12.6 Å². The predicted octanol–water partition coefficient (Wildman–Crippen LogP) is 6.00. The Morgan fingerprint density at radius 2 is 1.68 bits per heavy atom.